The van der Waals surface area contributed by atoms with Crippen LogP contribution >= 0.6 is 0 Å². The van der Waals surface area contributed by atoms with E-state index in [0.717, 1.165) is 0 Å². The van der Waals surface area contributed by atoms with Crippen LogP contribution in [0.3, 0.4) is 0 Å². The van der Waals surface area contributed by atoms with Crippen LogP contribution < -0.4 is 9.47 Å². The summed E-state index contributed by atoms with van der Waals surface area (Å²) in [6.45, 7) is 0. The SMILES string of the molecule is COc1cc(C=O)c(-c2noc3c2C(=O)C=CC3(OC)OC)c(OC)c1. The zero-order chi connectivity index (χ0) is 18.9. The third kappa shape index (κ3) is 2.51. The van der Waals surface area contributed by atoms with Crippen molar-refractivity contribution in [3.8, 4) is 22.8 Å². The zero-order valence-corrected chi connectivity index (χ0v) is 14.7. The van der Waals surface area contributed by atoms with E-state index < -0.39 is 5.79 Å². The molecule has 1 aromatic carbocycles. The van der Waals surface area contributed by atoms with E-state index in [0.29, 0.717) is 23.3 Å². The van der Waals surface area contributed by atoms with Gasteiger partial charge in [-0.05, 0) is 18.2 Å². The molecule has 26 heavy (non-hydrogen) atoms. The maximum Gasteiger partial charge on any atom is 0.252 e. The highest BCUT2D eigenvalue weighted by Crippen LogP contribution is 2.43. The number of allylic oxidation sites excluding steroid dienone is 1. The lowest BCUT2D eigenvalue weighted by Gasteiger charge is -2.27. The number of aldehydes is 1. The third-order valence-electron chi connectivity index (χ3n) is 4.24. The number of hydrogen-bond donors (Lipinski definition) is 0. The number of methoxy groups -OCH3 is 4. The molecule has 2 aromatic rings. The topological polar surface area (TPSA) is 97.1 Å². The van der Waals surface area contributed by atoms with Gasteiger partial charge in [0.15, 0.2) is 12.1 Å². The molecule has 1 aromatic heterocycles. The van der Waals surface area contributed by atoms with Crippen molar-refractivity contribution in [1.82, 2.24) is 5.16 Å². The normalized spacial score (nSPS) is 14.8. The molecule has 1 aliphatic carbocycles. The van der Waals surface area contributed by atoms with Crippen molar-refractivity contribution >= 4 is 12.1 Å². The highest BCUT2D eigenvalue weighted by molar-refractivity contribution is 6.12. The molecular formula is C18H17NO7. The number of carbonyl (C=O) groups is 2. The van der Waals surface area contributed by atoms with Crippen molar-refractivity contribution < 1.29 is 33.1 Å². The Hall–Kier alpha value is -2.97. The molecule has 3 rings (SSSR count). The molecule has 8 heteroatoms. The second-order valence-electron chi connectivity index (χ2n) is 5.42. The van der Waals surface area contributed by atoms with Crippen LogP contribution in [0.15, 0.2) is 28.8 Å². The Kier molecular flexibility index (Phi) is 4.62. The fourth-order valence-corrected chi connectivity index (χ4v) is 2.91. The van der Waals surface area contributed by atoms with Gasteiger partial charge in [-0.1, -0.05) is 5.16 Å². The fraction of sp³-hybridized carbons (Fsp3) is 0.278. The summed E-state index contributed by atoms with van der Waals surface area (Å²) >= 11 is 0. The number of benzene rings is 1. The number of hydrogen-bond acceptors (Lipinski definition) is 8. The molecule has 0 radical (unpaired) electrons. The highest BCUT2D eigenvalue weighted by Gasteiger charge is 2.44. The molecule has 0 saturated heterocycles. The minimum absolute atomic E-state index is 0.0970. The molecule has 0 bridgehead atoms. The third-order valence-corrected chi connectivity index (χ3v) is 4.24. The van der Waals surface area contributed by atoms with Gasteiger partial charge in [-0.15, -0.1) is 0 Å². The molecule has 0 unspecified atom stereocenters. The summed E-state index contributed by atoms with van der Waals surface area (Å²) in [7, 11) is 5.75. The van der Waals surface area contributed by atoms with Crippen molar-refractivity contribution in [3.63, 3.8) is 0 Å². The van der Waals surface area contributed by atoms with Gasteiger partial charge in [0.25, 0.3) is 5.79 Å². The van der Waals surface area contributed by atoms with Crippen LogP contribution in [0.25, 0.3) is 11.3 Å². The van der Waals surface area contributed by atoms with E-state index in [1.54, 1.807) is 6.07 Å². The van der Waals surface area contributed by atoms with E-state index in [4.69, 9.17) is 23.5 Å². The fourth-order valence-electron chi connectivity index (χ4n) is 2.91. The highest BCUT2D eigenvalue weighted by atomic mass is 16.7. The predicted octanol–water partition coefficient (Wildman–Crippen LogP) is 2.37. The van der Waals surface area contributed by atoms with Crippen molar-refractivity contribution in [2.45, 2.75) is 5.79 Å². The first-order valence-corrected chi connectivity index (χ1v) is 7.60. The predicted molar refractivity (Wildman–Crippen MR) is 89.6 cm³/mol. The van der Waals surface area contributed by atoms with Crippen LogP contribution in [0.2, 0.25) is 0 Å². The Labute approximate surface area is 149 Å². The van der Waals surface area contributed by atoms with E-state index in [-0.39, 0.29) is 28.4 Å². The van der Waals surface area contributed by atoms with Gasteiger partial charge in [-0.25, -0.2) is 0 Å². The second kappa shape index (κ2) is 6.74. The lowest BCUT2D eigenvalue weighted by atomic mass is 9.92. The Morgan fingerprint density at radius 1 is 1.08 bits per heavy atom. The molecule has 0 amide bonds. The summed E-state index contributed by atoms with van der Waals surface area (Å²) in [5.41, 5.74) is 0.857. The van der Waals surface area contributed by atoms with Crippen molar-refractivity contribution in [1.29, 1.82) is 0 Å². The Morgan fingerprint density at radius 2 is 1.81 bits per heavy atom. The summed E-state index contributed by atoms with van der Waals surface area (Å²) < 4.78 is 26.7. The first-order valence-electron chi connectivity index (χ1n) is 7.60. The first kappa shape index (κ1) is 17.8. The number of fused-ring (bicyclic) bond motifs is 1. The molecule has 1 aliphatic rings. The summed E-state index contributed by atoms with van der Waals surface area (Å²) in [5, 5.41) is 4.01. The van der Waals surface area contributed by atoms with Gasteiger partial charge in [0.05, 0.1) is 25.3 Å². The number of nitrogens with zero attached hydrogens (tertiary/aromatic N) is 1. The van der Waals surface area contributed by atoms with Crippen LogP contribution in [0.4, 0.5) is 0 Å². The van der Waals surface area contributed by atoms with Gasteiger partial charge in [0, 0.05) is 25.8 Å². The van der Waals surface area contributed by atoms with E-state index in [1.165, 1.54) is 46.7 Å². The summed E-state index contributed by atoms with van der Waals surface area (Å²) in [5.74, 6) is -0.893. The van der Waals surface area contributed by atoms with Crippen LogP contribution in [0.5, 0.6) is 11.5 Å². The van der Waals surface area contributed by atoms with Gasteiger partial charge in [0.2, 0.25) is 5.76 Å². The molecule has 0 fully saturated rings. The number of carbonyl (C=O) groups excluding carboxylic acids is 2. The molecular weight excluding hydrogens is 342 g/mol. The van der Waals surface area contributed by atoms with Crippen molar-refractivity contribution in [2.24, 2.45) is 0 Å². The van der Waals surface area contributed by atoms with Crippen LogP contribution in [-0.2, 0) is 15.3 Å². The molecule has 0 N–H and O–H groups in total. The Balaban J connectivity index is 2.31. The van der Waals surface area contributed by atoms with Crippen LogP contribution in [0, 0.1) is 0 Å². The smallest absolute Gasteiger partial charge is 0.252 e. The zero-order valence-electron chi connectivity index (χ0n) is 14.7. The Morgan fingerprint density at radius 3 is 2.38 bits per heavy atom. The van der Waals surface area contributed by atoms with E-state index in [1.807, 2.05) is 0 Å². The molecule has 0 aliphatic heterocycles. The van der Waals surface area contributed by atoms with Gasteiger partial charge < -0.3 is 23.5 Å². The minimum Gasteiger partial charge on any atom is -0.497 e. The first-order chi connectivity index (χ1) is 12.5. The van der Waals surface area contributed by atoms with Gasteiger partial charge in [0.1, 0.15) is 17.2 Å². The molecule has 0 spiro atoms. The van der Waals surface area contributed by atoms with Crippen molar-refractivity contribution in [2.75, 3.05) is 28.4 Å². The number of rotatable bonds is 6. The summed E-state index contributed by atoms with van der Waals surface area (Å²) in [6, 6.07) is 3.11. The molecule has 0 saturated carbocycles. The van der Waals surface area contributed by atoms with Crippen LogP contribution in [0.1, 0.15) is 26.5 Å². The average molecular weight is 359 g/mol. The van der Waals surface area contributed by atoms with E-state index in [2.05, 4.69) is 5.16 Å². The van der Waals surface area contributed by atoms with Gasteiger partial charge in [-0.2, -0.15) is 0 Å². The molecule has 0 atom stereocenters. The van der Waals surface area contributed by atoms with E-state index in [9.17, 15) is 9.59 Å². The monoisotopic (exact) mass is 359 g/mol. The second-order valence-corrected chi connectivity index (χ2v) is 5.42. The molecule has 136 valence electrons. The number of ketones is 1. The summed E-state index contributed by atoms with van der Waals surface area (Å²) in [4.78, 5) is 24.2. The molecule has 8 nitrogen and oxygen atoms in total. The minimum atomic E-state index is -1.38. The number of ether oxygens (including phenoxy) is 4. The maximum atomic E-state index is 12.5. The van der Waals surface area contributed by atoms with Gasteiger partial charge in [-0.3, -0.25) is 9.59 Å². The Bertz CT molecular complexity index is 893. The molecule has 1 heterocycles. The van der Waals surface area contributed by atoms with Crippen LogP contribution in [-0.4, -0.2) is 45.7 Å². The maximum absolute atomic E-state index is 12.5. The lowest BCUT2D eigenvalue weighted by Crippen LogP contribution is -2.32. The van der Waals surface area contributed by atoms with E-state index >= 15 is 0 Å². The van der Waals surface area contributed by atoms with Crippen molar-refractivity contribution in [3.05, 3.63) is 41.2 Å². The summed E-state index contributed by atoms with van der Waals surface area (Å²) in [6.07, 6.45) is 3.38. The van der Waals surface area contributed by atoms with Gasteiger partial charge >= 0.3 is 0 Å². The standard InChI is InChI=1S/C18H17NO7/c1-22-11-7-10(9-20)14(13(8-11)23-2)16-15-12(21)5-6-18(24-3,25-4)17(15)26-19-16/h5-9H,1-4H3. The average Bonchev–Trinajstić information content (AvgIpc) is 3.13. The quantitative estimate of drug-likeness (QED) is 0.573. The number of aromatic nitrogens is 1. The largest absolute Gasteiger partial charge is 0.497 e. The lowest BCUT2D eigenvalue weighted by molar-refractivity contribution is -0.191.